The number of hydrogen-bond donors (Lipinski definition) is 1. The lowest BCUT2D eigenvalue weighted by Gasteiger charge is -2.16. The quantitative estimate of drug-likeness (QED) is 0.749. The van der Waals surface area contributed by atoms with Crippen LogP contribution in [0.5, 0.6) is 0 Å². The predicted octanol–water partition coefficient (Wildman–Crippen LogP) is 3.66. The Kier molecular flexibility index (Phi) is 7.40. The molecule has 0 bridgehead atoms. The van der Waals surface area contributed by atoms with Gasteiger partial charge in [-0.3, -0.25) is 9.48 Å². The lowest BCUT2D eigenvalue weighted by atomic mass is 9.96. The van der Waals surface area contributed by atoms with Crippen LogP contribution in [0, 0.1) is 25.2 Å². The van der Waals surface area contributed by atoms with E-state index in [1.165, 1.54) is 5.56 Å². The van der Waals surface area contributed by atoms with Crippen molar-refractivity contribution in [3.8, 4) is 6.07 Å². The van der Waals surface area contributed by atoms with Gasteiger partial charge in [-0.15, -0.1) is 0 Å². The first-order chi connectivity index (χ1) is 12.6. The summed E-state index contributed by atoms with van der Waals surface area (Å²) in [5.74, 6) is 0.417. The summed E-state index contributed by atoms with van der Waals surface area (Å²) < 4.78 is 1.87. The molecular formula is C21H28N4O. The first kappa shape index (κ1) is 19.7. The largest absolute Gasteiger partial charge is 0.355 e. The number of amides is 1. The van der Waals surface area contributed by atoms with Gasteiger partial charge in [0, 0.05) is 24.6 Å². The Morgan fingerprint density at radius 1 is 1.31 bits per heavy atom. The molecule has 138 valence electrons. The van der Waals surface area contributed by atoms with Gasteiger partial charge in [0.05, 0.1) is 24.7 Å². The number of nitriles is 1. The highest BCUT2D eigenvalue weighted by Gasteiger charge is 2.14. The highest BCUT2D eigenvalue weighted by molar-refractivity contribution is 5.76. The molecule has 0 aliphatic rings. The van der Waals surface area contributed by atoms with Gasteiger partial charge in [0.1, 0.15) is 0 Å². The lowest BCUT2D eigenvalue weighted by Crippen LogP contribution is -2.28. The van der Waals surface area contributed by atoms with Crippen LogP contribution in [-0.4, -0.2) is 22.2 Å². The van der Waals surface area contributed by atoms with Crippen LogP contribution in [0.25, 0.3) is 0 Å². The summed E-state index contributed by atoms with van der Waals surface area (Å²) in [5.41, 5.74) is 4.39. The van der Waals surface area contributed by atoms with Crippen LogP contribution in [0.4, 0.5) is 0 Å². The lowest BCUT2D eigenvalue weighted by molar-refractivity contribution is -0.121. The van der Waals surface area contributed by atoms with Gasteiger partial charge in [-0.1, -0.05) is 37.3 Å². The fraction of sp³-hybridized carbons (Fsp3) is 0.476. The molecule has 0 aliphatic carbocycles. The Morgan fingerprint density at radius 3 is 2.69 bits per heavy atom. The standard InChI is InChI=1S/C21H28N4O/c1-4-18(19-9-6-5-7-10-19)15-23-21(26)12-11-20-16(2)24-25(17(20)3)14-8-13-22/h5-7,9-10,18H,4,8,11-12,14-15H2,1-3H3,(H,23,26). The number of carbonyl (C=O) groups is 1. The predicted molar refractivity (Wildman–Crippen MR) is 103 cm³/mol. The summed E-state index contributed by atoms with van der Waals surface area (Å²) in [6, 6.07) is 12.5. The van der Waals surface area contributed by atoms with Crippen LogP contribution >= 0.6 is 0 Å². The highest BCUT2D eigenvalue weighted by atomic mass is 16.1. The molecule has 1 aromatic carbocycles. The van der Waals surface area contributed by atoms with E-state index in [-0.39, 0.29) is 5.91 Å². The van der Waals surface area contributed by atoms with Crippen molar-refractivity contribution in [1.82, 2.24) is 15.1 Å². The normalized spacial score (nSPS) is 11.8. The van der Waals surface area contributed by atoms with Crippen molar-refractivity contribution in [2.75, 3.05) is 6.54 Å². The summed E-state index contributed by atoms with van der Waals surface area (Å²) in [6.07, 6.45) is 2.57. The van der Waals surface area contributed by atoms with Gasteiger partial charge in [-0.05, 0) is 37.8 Å². The third kappa shape index (κ3) is 5.19. The van der Waals surface area contributed by atoms with Crippen molar-refractivity contribution in [2.45, 2.75) is 58.9 Å². The number of benzene rings is 1. The van der Waals surface area contributed by atoms with E-state index < -0.39 is 0 Å². The van der Waals surface area contributed by atoms with Crippen molar-refractivity contribution in [3.05, 3.63) is 52.8 Å². The van der Waals surface area contributed by atoms with Gasteiger partial charge in [0.25, 0.3) is 0 Å². The summed E-state index contributed by atoms with van der Waals surface area (Å²) in [6.45, 7) is 7.38. The van der Waals surface area contributed by atoms with E-state index in [1.54, 1.807) is 0 Å². The van der Waals surface area contributed by atoms with Gasteiger partial charge < -0.3 is 5.32 Å². The smallest absolute Gasteiger partial charge is 0.220 e. The van der Waals surface area contributed by atoms with Gasteiger partial charge in [0.2, 0.25) is 5.91 Å². The molecule has 0 spiro atoms. The molecule has 26 heavy (non-hydrogen) atoms. The molecule has 0 fully saturated rings. The van der Waals surface area contributed by atoms with E-state index in [0.29, 0.717) is 38.3 Å². The fourth-order valence-electron chi connectivity index (χ4n) is 3.26. The van der Waals surface area contributed by atoms with Crippen LogP contribution in [0.1, 0.15) is 54.6 Å². The molecule has 0 saturated carbocycles. The van der Waals surface area contributed by atoms with Crippen molar-refractivity contribution < 1.29 is 4.79 Å². The third-order valence-corrected chi connectivity index (χ3v) is 4.88. The summed E-state index contributed by atoms with van der Waals surface area (Å²) >= 11 is 0. The maximum absolute atomic E-state index is 12.3. The molecule has 1 unspecified atom stereocenters. The molecule has 5 heteroatoms. The van der Waals surface area contributed by atoms with E-state index in [0.717, 1.165) is 23.4 Å². The summed E-state index contributed by atoms with van der Waals surface area (Å²) in [4.78, 5) is 12.3. The Labute approximate surface area is 156 Å². The van der Waals surface area contributed by atoms with Crippen molar-refractivity contribution in [2.24, 2.45) is 0 Å². The molecule has 1 atom stereocenters. The summed E-state index contributed by atoms with van der Waals surface area (Å²) in [5, 5.41) is 16.3. The van der Waals surface area contributed by atoms with Crippen LogP contribution in [0.2, 0.25) is 0 Å². The van der Waals surface area contributed by atoms with Crippen LogP contribution in [0.15, 0.2) is 30.3 Å². The van der Waals surface area contributed by atoms with E-state index in [9.17, 15) is 4.79 Å². The highest BCUT2D eigenvalue weighted by Crippen LogP contribution is 2.18. The minimum Gasteiger partial charge on any atom is -0.355 e. The Balaban J connectivity index is 1.87. The Morgan fingerprint density at radius 2 is 2.04 bits per heavy atom. The number of nitrogens with one attached hydrogen (secondary N) is 1. The molecule has 1 amide bonds. The topological polar surface area (TPSA) is 70.7 Å². The second-order valence-corrected chi connectivity index (χ2v) is 6.60. The first-order valence-electron chi connectivity index (χ1n) is 9.28. The van der Waals surface area contributed by atoms with Crippen molar-refractivity contribution in [3.63, 3.8) is 0 Å². The van der Waals surface area contributed by atoms with E-state index in [2.05, 4.69) is 35.5 Å². The maximum atomic E-state index is 12.3. The van der Waals surface area contributed by atoms with Gasteiger partial charge in [0.15, 0.2) is 0 Å². The zero-order valence-electron chi connectivity index (χ0n) is 16.0. The number of rotatable bonds is 9. The number of carbonyl (C=O) groups excluding carboxylic acids is 1. The summed E-state index contributed by atoms with van der Waals surface area (Å²) in [7, 11) is 0. The molecular weight excluding hydrogens is 324 g/mol. The fourth-order valence-corrected chi connectivity index (χ4v) is 3.26. The number of aryl methyl sites for hydroxylation is 2. The number of nitrogens with zero attached hydrogens (tertiary/aromatic N) is 3. The first-order valence-corrected chi connectivity index (χ1v) is 9.28. The Hall–Kier alpha value is -2.61. The molecule has 5 nitrogen and oxygen atoms in total. The molecule has 1 heterocycles. The maximum Gasteiger partial charge on any atom is 0.220 e. The van der Waals surface area contributed by atoms with E-state index in [4.69, 9.17) is 5.26 Å². The number of aromatic nitrogens is 2. The van der Waals surface area contributed by atoms with Gasteiger partial charge in [-0.25, -0.2) is 0 Å². The molecule has 0 saturated heterocycles. The van der Waals surface area contributed by atoms with Gasteiger partial charge in [-0.2, -0.15) is 10.4 Å². The van der Waals surface area contributed by atoms with Crippen LogP contribution < -0.4 is 5.32 Å². The van der Waals surface area contributed by atoms with Crippen LogP contribution in [0.3, 0.4) is 0 Å². The average Bonchev–Trinajstić information content (AvgIpc) is 2.92. The van der Waals surface area contributed by atoms with Crippen molar-refractivity contribution in [1.29, 1.82) is 5.26 Å². The zero-order valence-corrected chi connectivity index (χ0v) is 16.0. The van der Waals surface area contributed by atoms with Gasteiger partial charge >= 0.3 is 0 Å². The molecule has 2 rings (SSSR count). The van der Waals surface area contributed by atoms with Crippen LogP contribution in [-0.2, 0) is 17.8 Å². The SMILES string of the molecule is CCC(CNC(=O)CCc1c(C)nn(CCC#N)c1C)c1ccccc1. The molecule has 1 aromatic heterocycles. The average molecular weight is 352 g/mol. The van der Waals surface area contributed by atoms with E-state index >= 15 is 0 Å². The monoisotopic (exact) mass is 352 g/mol. The molecule has 1 N–H and O–H groups in total. The Bertz CT molecular complexity index is 758. The number of hydrogen-bond acceptors (Lipinski definition) is 3. The molecule has 0 aliphatic heterocycles. The van der Waals surface area contributed by atoms with Crippen molar-refractivity contribution >= 4 is 5.91 Å². The zero-order chi connectivity index (χ0) is 18.9. The second-order valence-electron chi connectivity index (χ2n) is 6.60. The van der Waals surface area contributed by atoms with E-state index in [1.807, 2.05) is 36.7 Å². The molecule has 0 radical (unpaired) electrons. The second kappa shape index (κ2) is 9.76. The minimum atomic E-state index is 0.0722. The minimum absolute atomic E-state index is 0.0722. The third-order valence-electron chi connectivity index (χ3n) is 4.88. The molecule has 2 aromatic rings.